The summed E-state index contributed by atoms with van der Waals surface area (Å²) in [6.45, 7) is 5.81. The van der Waals surface area contributed by atoms with Crippen molar-refractivity contribution in [3.8, 4) is 0 Å². The number of rotatable bonds is 7. The lowest BCUT2D eigenvalue weighted by Crippen LogP contribution is -2.29. The lowest BCUT2D eigenvalue weighted by atomic mass is 10.1. The number of anilines is 1. The summed E-state index contributed by atoms with van der Waals surface area (Å²) in [4.78, 5) is 20.3. The van der Waals surface area contributed by atoms with Gasteiger partial charge in [0, 0.05) is 13.1 Å². The van der Waals surface area contributed by atoms with Gasteiger partial charge in [0.15, 0.2) is 0 Å². The highest BCUT2D eigenvalue weighted by atomic mass is 16.1. The minimum Gasteiger partial charge on any atom is -0.369 e. The Bertz CT molecular complexity index is 431. The molecule has 0 aliphatic heterocycles. The van der Waals surface area contributed by atoms with Crippen molar-refractivity contribution in [1.29, 1.82) is 0 Å². The van der Waals surface area contributed by atoms with E-state index in [1.807, 2.05) is 0 Å². The molecule has 1 aromatic rings. The highest BCUT2D eigenvalue weighted by Gasteiger charge is 2.28. The van der Waals surface area contributed by atoms with E-state index >= 15 is 0 Å². The molecule has 1 saturated carbocycles. The van der Waals surface area contributed by atoms with Crippen molar-refractivity contribution in [2.75, 3.05) is 18.4 Å². The molecule has 0 aromatic carbocycles. The zero-order valence-electron chi connectivity index (χ0n) is 11.6. The van der Waals surface area contributed by atoms with Crippen molar-refractivity contribution in [1.82, 2.24) is 15.3 Å². The van der Waals surface area contributed by atoms with Crippen LogP contribution >= 0.6 is 0 Å². The van der Waals surface area contributed by atoms with Gasteiger partial charge in [-0.05, 0) is 31.1 Å². The number of aromatic nitrogens is 2. The van der Waals surface area contributed by atoms with Crippen LogP contribution in [0.25, 0.3) is 0 Å². The van der Waals surface area contributed by atoms with E-state index in [4.69, 9.17) is 0 Å². The van der Waals surface area contributed by atoms with E-state index in [9.17, 15) is 4.79 Å². The summed E-state index contributed by atoms with van der Waals surface area (Å²) in [5, 5.41) is 6.06. The zero-order valence-corrected chi connectivity index (χ0v) is 11.6. The first kappa shape index (κ1) is 13.8. The maximum absolute atomic E-state index is 12.0. The number of carbonyl (C=O) groups is 1. The predicted octanol–water partition coefficient (Wildman–Crippen LogP) is 2.07. The van der Waals surface area contributed by atoms with Gasteiger partial charge < -0.3 is 10.6 Å². The Morgan fingerprint density at radius 1 is 1.47 bits per heavy atom. The van der Waals surface area contributed by atoms with E-state index in [1.54, 1.807) is 6.20 Å². The minimum absolute atomic E-state index is 0.139. The number of amides is 1. The van der Waals surface area contributed by atoms with Crippen LogP contribution in [0.2, 0.25) is 0 Å². The quantitative estimate of drug-likeness (QED) is 0.789. The third-order valence-corrected chi connectivity index (χ3v) is 3.43. The fourth-order valence-electron chi connectivity index (χ4n) is 1.99. The molecular formula is C14H22N4O. The van der Waals surface area contributed by atoms with Crippen molar-refractivity contribution in [2.24, 2.45) is 11.8 Å². The van der Waals surface area contributed by atoms with E-state index in [1.165, 1.54) is 19.0 Å². The Morgan fingerprint density at radius 2 is 2.26 bits per heavy atom. The second-order valence-electron chi connectivity index (χ2n) is 5.24. The van der Waals surface area contributed by atoms with Gasteiger partial charge in [-0.25, -0.2) is 4.98 Å². The summed E-state index contributed by atoms with van der Waals surface area (Å²) >= 11 is 0. The second-order valence-corrected chi connectivity index (χ2v) is 5.24. The molecule has 104 valence electrons. The molecule has 0 spiro atoms. The molecule has 1 amide bonds. The van der Waals surface area contributed by atoms with Gasteiger partial charge in [0.25, 0.3) is 5.91 Å². The van der Waals surface area contributed by atoms with Gasteiger partial charge in [-0.3, -0.25) is 9.78 Å². The number of nitrogens with zero attached hydrogens (tertiary/aromatic N) is 2. The van der Waals surface area contributed by atoms with E-state index in [-0.39, 0.29) is 5.91 Å². The van der Waals surface area contributed by atoms with Crippen molar-refractivity contribution in [3.63, 3.8) is 0 Å². The summed E-state index contributed by atoms with van der Waals surface area (Å²) in [5.41, 5.74) is 0.379. The van der Waals surface area contributed by atoms with E-state index in [0.29, 0.717) is 17.4 Å². The molecule has 1 aliphatic rings. The summed E-state index contributed by atoms with van der Waals surface area (Å²) in [5.74, 6) is 1.87. The molecule has 1 aromatic heterocycles. The second kappa shape index (κ2) is 6.50. The normalized spacial score (nSPS) is 15.9. The zero-order chi connectivity index (χ0) is 13.7. The van der Waals surface area contributed by atoms with Crippen LogP contribution in [0, 0.1) is 11.8 Å². The number of nitrogens with one attached hydrogen (secondary N) is 2. The third-order valence-electron chi connectivity index (χ3n) is 3.43. The van der Waals surface area contributed by atoms with E-state index in [2.05, 4.69) is 34.4 Å². The minimum atomic E-state index is -0.139. The first-order valence-electron chi connectivity index (χ1n) is 7.04. The standard InChI is InChI=1S/C14H22N4O/c1-3-6-16-13-9-15-8-12(18-13)14(19)17-7-10(2)11-4-5-11/h8-11H,3-7H2,1-2H3,(H,16,18)(H,17,19). The molecule has 5 nitrogen and oxygen atoms in total. The number of hydrogen-bond acceptors (Lipinski definition) is 4. The van der Waals surface area contributed by atoms with Crippen molar-refractivity contribution >= 4 is 11.7 Å². The molecule has 19 heavy (non-hydrogen) atoms. The van der Waals surface area contributed by atoms with Crippen LogP contribution in [-0.4, -0.2) is 29.0 Å². The molecule has 2 rings (SSSR count). The van der Waals surface area contributed by atoms with Crippen LogP contribution in [0.5, 0.6) is 0 Å². The van der Waals surface area contributed by atoms with Gasteiger partial charge in [0.05, 0.1) is 12.4 Å². The molecule has 0 radical (unpaired) electrons. The first-order chi connectivity index (χ1) is 9.20. The van der Waals surface area contributed by atoms with Crippen LogP contribution in [0.3, 0.4) is 0 Å². The van der Waals surface area contributed by atoms with E-state index in [0.717, 1.165) is 25.4 Å². The maximum Gasteiger partial charge on any atom is 0.271 e. The average molecular weight is 262 g/mol. The van der Waals surface area contributed by atoms with Crippen LogP contribution < -0.4 is 10.6 Å². The molecule has 1 atom stereocenters. The van der Waals surface area contributed by atoms with Gasteiger partial charge in [-0.15, -0.1) is 0 Å². The van der Waals surface area contributed by atoms with Crippen molar-refractivity contribution in [3.05, 3.63) is 18.1 Å². The van der Waals surface area contributed by atoms with Gasteiger partial charge in [0.1, 0.15) is 11.5 Å². The summed E-state index contributed by atoms with van der Waals surface area (Å²) in [6, 6.07) is 0. The fraction of sp³-hybridized carbons (Fsp3) is 0.643. The first-order valence-corrected chi connectivity index (χ1v) is 7.04. The summed E-state index contributed by atoms with van der Waals surface area (Å²) in [7, 11) is 0. The van der Waals surface area contributed by atoms with Crippen molar-refractivity contribution < 1.29 is 4.79 Å². The largest absolute Gasteiger partial charge is 0.369 e. The topological polar surface area (TPSA) is 66.9 Å². The predicted molar refractivity (Wildman–Crippen MR) is 75.0 cm³/mol. The highest BCUT2D eigenvalue weighted by molar-refractivity contribution is 5.92. The van der Waals surface area contributed by atoms with Crippen LogP contribution in [0.4, 0.5) is 5.82 Å². The van der Waals surface area contributed by atoms with E-state index < -0.39 is 0 Å². The monoisotopic (exact) mass is 262 g/mol. The maximum atomic E-state index is 12.0. The Labute approximate surface area is 114 Å². The van der Waals surface area contributed by atoms with Crippen LogP contribution in [0.1, 0.15) is 43.6 Å². The molecule has 5 heteroatoms. The average Bonchev–Trinajstić information content (AvgIpc) is 3.27. The molecule has 1 unspecified atom stereocenters. The number of carbonyl (C=O) groups excluding carboxylic acids is 1. The summed E-state index contributed by atoms with van der Waals surface area (Å²) < 4.78 is 0. The Kier molecular flexibility index (Phi) is 4.71. The molecule has 1 fully saturated rings. The Morgan fingerprint density at radius 3 is 2.95 bits per heavy atom. The van der Waals surface area contributed by atoms with Crippen molar-refractivity contribution in [2.45, 2.75) is 33.1 Å². The van der Waals surface area contributed by atoms with Gasteiger partial charge in [-0.2, -0.15) is 0 Å². The lowest BCUT2D eigenvalue weighted by Gasteiger charge is -2.11. The molecule has 0 saturated heterocycles. The molecule has 0 bridgehead atoms. The van der Waals surface area contributed by atoms with Gasteiger partial charge in [0.2, 0.25) is 0 Å². The summed E-state index contributed by atoms with van der Waals surface area (Å²) in [6.07, 6.45) is 6.76. The van der Waals surface area contributed by atoms with Gasteiger partial charge >= 0.3 is 0 Å². The third kappa shape index (κ3) is 4.19. The SMILES string of the molecule is CCCNc1cncc(C(=O)NCC(C)C2CC2)n1. The molecule has 1 aliphatic carbocycles. The highest BCUT2D eigenvalue weighted by Crippen LogP contribution is 2.36. The Balaban J connectivity index is 1.86. The molecule has 2 N–H and O–H groups in total. The van der Waals surface area contributed by atoms with Gasteiger partial charge in [-0.1, -0.05) is 13.8 Å². The Hall–Kier alpha value is -1.65. The van der Waals surface area contributed by atoms with Crippen LogP contribution in [0.15, 0.2) is 12.4 Å². The van der Waals surface area contributed by atoms with Crippen LogP contribution in [-0.2, 0) is 0 Å². The molecular weight excluding hydrogens is 240 g/mol. The smallest absolute Gasteiger partial charge is 0.271 e. The molecule has 1 heterocycles. The lowest BCUT2D eigenvalue weighted by molar-refractivity contribution is 0.0941. The number of hydrogen-bond donors (Lipinski definition) is 2. The fourth-order valence-corrected chi connectivity index (χ4v) is 1.99.